The summed E-state index contributed by atoms with van der Waals surface area (Å²) >= 11 is 0. The minimum Gasteiger partial charge on any atom is -0.323 e. The predicted molar refractivity (Wildman–Crippen MR) is 103 cm³/mol. The van der Waals surface area contributed by atoms with Crippen LogP contribution in [0.5, 0.6) is 0 Å². The molecule has 1 aliphatic carbocycles. The molecule has 0 aromatic carbocycles. The molecule has 0 spiro atoms. The van der Waals surface area contributed by atoms with Gasteiger partial charge in [-0.2, -0.15) is 5.26 Å². The van der Waals surface area contributed by atoms with E-state index in [4.69, 9.17) is 0 Å². The summed E-state index contributed by atoms with van der Waals surface area (Å²) in [6, 6.07) is 1.54. The SMILES string of the molecule is C=CC1(Cn2ccnn2)CCC(N(C)CC(=O)N2CC(F)CC2C#N)C1(C)C. The average molecular weight is 388 g/mol. The van der Waals surface area contributed by atoms with Crippen LogP contribution >= 0.6 is 0 Å². The van der Waals surface area contributed by atoms with Gasteiger partial charge < -0.3 is 4.90 Å². The fourth-order valence-electron chi connectivity index (χ4n) is 5.10. The van der Waals surface area contributed by atoms with Gasteiger partial charge in [-0.1, -0.05) is 25.1 Å². The molecule has 1 aliphatic heterocycles. The van der Waals surface area contributed by atoms with E-state index >= 15 is 0 Å². The molecule has 3 rings (SSSR count). The second-order valence-corrected chi connectivity index (χ2v) is 8.68. The number of alkyl halides is 1. The second kappa shape index (κ2) is 7.63. The van der Waals surface area contributed by atoms with Crippen molar-refractivity contribution in [3.05, 3.63) is 25.0 Å². The quantitative estimate of drug-likeness (QED) is 0.697. The second-order valence-electron chi connectivity index (χ2n) is 8.68. The van der Waals surface area contributed by atoms with E-state index in [1.54, 1.807) is 6.20 Å². The lowest BCUT2D eigenvalue weighted by atomic mass is 9.66. The molecule has 0 radical (unpaired) electrons. The number of likely N-dealkylation sites (N-methyl/N-ethyl adjacent to an activating group) is 1. The van der Waals surface area contributed by atoms with Gasteiger partial charge in [-0.25, -0.2) is 4.39 Å². The van der Waals surface area contributed by atoms with Crippen LogP contribution in [0.15, 0.2) is 25.0 Å². The molecule has 2 aliphatic rings. The molecule has 2 heterocycles. The average Bonchev–Trinajstić information content (AvgIpc) is 3.34. The normalized spacial score (nSPS) is 31.9. The Balaban J connectivity index is 1.72. The number of nitrogens with zero attached hydrogens (tertiary/aromatic N) is 6. The summed E-state index contributed by atoms with van der Waals surface area (Å²) in [4.78, 5) is 16.2. The fourth-order valence-corrected chi connectivity index (χ4v) is 5.10. The van der Waals surface area contributed by atoms with E-state index in [2.05, 4.69) is 35.6 Å². The van der Waals surface area contributed by atoms with Gasteiger partial charge in [-0.15, -0.1) is 11.7 Å². The molecule has 0 bridgehead atoms. The van der Waals surface area contributed by atoms with Gasteiger partial charge in [0, 0.05) is 24.1 Å². The monoisotopic (exact) mass is 388 g/mol. The third-order valence-electron chi connectivity index (χ3n) is 6.92. The number of hydrogen-bond acceptors (Lipinski definition) is 5. The molecule has 1 aromatic heterocycles. The van der Waals surface area contributed by atoms with E-state index in [0.717, 1.165) is 12.8 Å². The molecule has 7 nitrogen and oxygen atoms in total. The van der Waals surface area contributed by atoms with Crippen molar-refractivity contribution in [2.75, 3.05) is 20.1 Å². The summed E-state index contributed by atoms with van der Waals surface area (Å²) in [6.45, 7) is 9.39. The van der Waals surface area contributed by atoms with Crippen LogP contribution in [0.1, 0.15) is 33.1 Å². The standard InChI is InChI=1S/C20H29FN6O/c1-5-20(14-26-9-8-23-24-26)7-6-17(19(20,2)3)25(4)13-18(28)27-12-15(21)10-16(27)11-22/h5,8-9,15-17H,1,6-7,10,12-14H2,2-4H3. The maximum atomic E-state index is 13.7. The lowest BCUT2D eigenvalue weighted by molar-refractivity contribution is -0.133. The molecule has 152 valence electrons. The Morgan fingerprint density at radius 3 is 2.89 bits per heavy atom. The third-order valence-corrected chi connectivity index (χ3v) is 6.92. The number of likely N-dealkylation sites (tertiary alicyclic amines) is 1. The summed E-state index contributed by atoms with van der Waals surface area (Å²) in [5.74, 6) is -0.183. The first-order valence-electron chi connectivity index (χ1n) is 9.75. The number of rotatable bonds is 6. The Morgan fingerprint density at radius 1 is 1.54 bits per heavy atom. The van der Waals surface area contributed by atoms with Gasteiger partial charge in [0.2, 0.25) is 5.91 Å². The molecule has 1 aromatic rings. The molecule has 28 heavy (non-hydrogen) atoms. The van der Waals surface area contributed by atoms with Crippen molar-refractivity contribution in [3.63, 3.8) is 0 Å². The summed E-state index contributed by atoms with van der Waals surface area (Å²) in [5.41, 5.74) is -0.326. The number of allylic oxidation sites excluding steroid dienone is 1. The van der Waals surface area contributed by atoms with E-state index in [0.29, 0.717) is 6.54 Å². The van der Waals surface area contributed by atoms with Crippen molar-refractivity contribution in [3.8, 4) is 6.07 Å². The van der Waals surface area contributed by atoms with Crippen molar-refractivity contribution in [2.24, 2.45) is 10.8 Å². The summed E-state index contributed by atoms with van der Waals surface area (Å²) in [7, 11) is 1.93. The highest BCUT2D eigenvalue weighted by Gasteiger charge is 2.54. The first-order chi connectivity index (χ1) is 13.2. The molecule has 0 N–H and O–H groups in total. The molecular formula is C20H29FN6O. The number of hydrogen-bond donors (Lipinski definition) is 0. The highest BCUT2D eigenvalue weighted by molar-refractivity contribution is 5.79. The van der Waals surface area contributed by atoms with Gasteiger partial charge >= 0.3 is 0 Å². The zero-order valence-electron chi connectivity index (χ0n) is 16.9. The molecular weight excluding hydrogens is 359 g/mol. The van der Waals surface area contributed by atoms with Crippen LogP contribution in [-0.2, 0) is 11.3 Å². The van der Waals surface area contributed by atoms with Crippen LogP contribution in [0, 0.1) is 22.2 Å². The zero-order valence-corrected chi connectivity index (χ0v) is 16.9. The lowest BCUT2D eigenvalue weighted by Gasteiger charge is -2.45. The maximum Gasteiger partial charge on any atom is 0.237 e. The van der Waals surface area contributed by atoms with Gasteiger partial charge in [0.1, 0.15) is 12.2 Å². The zero-order chi connectivity index (χ0) is 20.5. The molecule has 2 fully saturated rings. The highest BCUT2D eigenvalue weighted by Crippen LogP contribution is 2.55. The van der Waals surface area contributed by atoms with Gasteiger partial charge in [0.05, 0.1) is 31.9 Å². The smallest absolute Gasteiger partial charge is 0.237 e. The van der Waals surface area contributed by atoms with E-state index < -0.39 is 12.2 Å². The van der Waals surface area contributed by atoms with Crippen molar-refractivity contribution in [1.82, 2.24) is 24.8 Å². The lowest BCUT2D eigenvalue weighted by Crippen LogP contribution is -2.50. The Bertz CT molecular complexity index is 757. The third kappa shape index (κ3) is 3.44. The van der Waals surface area contributed by atoms with Crippen LogP contribution in [-0.4, -0.2) is 69.1 Å². The highest BCUT2D eigenvalue weighted by atomic mass is 19.1. The van der Waals surface area contributed by atoms with Crippen LogP contribution < -0.4 is 0 Å². The van der Waals surface area contributed by atoms with Gasteiger partial charge in [0.25, 0.3) is 0 Å². The van der Waals surface area contributed by atoms with Crippen molar-refractivity contribution in [1.29, 1.82) is 5.26 Å². The summed E-state index contributed by atoms with van der Waals surface area (Å²) < 4.78 is 15.5. The topological polar surface area (TPSA) is 78.1 Å². The van der Waals surface area contributed by atoms with Crippen LogP contribution in [0.2, 0.25) is 0 Å². The van der Waals surface area contributed by atoms with E-state index in [1.165, 1.54) is 4.90 Å². The van der Waals surface area contributed by atoms with E-state index in [-0.39, 0.29) is 42.3 Å². The van der Waals surface area contributed by atoms with Gasteiger partial charge in [0.15, 0.2) is 0 Å². The largest absolute Gasteiger partial charge is 0.323 e. The summed E-state index contributed by atoms with van der Waals surface area (Å²) in [6.07, 6.45) is 6.39. The Kier molecular flexibility index (Phi) is 5.57. The Hall–Kier alpha value is -2.27. The molecule has 1 amide bonds. The molecule has 1 saturated carbocycles. The number of amides is 1. The van der Waals surface area contributed by atoms with E-state index in [1.807, 2.05) is 30.1 Å². The number of halogens is 1. The van der Waals surface area contributed by atoms with Crippen molar-refractivity contribution in [2.45, 2.75) is 57.9 Å². The van der Waals surface area contributed by atoms with Crippen molar-refractivity contribution >= 4 is 5.91 Å². The van der Waals surface area contributed by atoms with Gasteiger partial charge in [-0.05, 0) is 25.3 Å². The van der Waals surface area contributed by atoms with Crippen LogP contribution in [0.4, 0.5) is 4.39 Å². The van der Waals surface area contributed by atoms with Crippen LogP contribution in [0.3, 0.4) is 0 Å². The predicted octanol–water partition coefficient (Wildman–Crippen LogP) is 2.03. The van der Waals surface area contributed by atoms with Crippen LogP contribution in [0.25, 0.3) is 0 Å². The van der Waals surface area contributed by atoms with Crippen molar-refractivity contribution < 1.29 is 9.18 Å². The van der Waals surface area contributed by atoms with E-state index in [9.17, 15) is 14.4 Å². The number of carbonyl (C=O) groups is 1. The molecule has 4 unspecified atom stereocenters. The molecule has 4 atom stereocenters. The maximum absolute atomic E-state index is 13.7. The van der Waals surface area contributed by atoms with Gasteiger partial charge in [-0.3, -0.25) is 14.4 Å². The minimum absolute atomic E-state index is 0.0157. The Morgan fingerprint density at radius 2 is 2.29 bits per heavy atom. The summed E-state index contributed by atoms with van der Waals surface area (Å²) in [5, 5.41) is 17.2. The fraction of sp³-hybridized carbons (Fsp3) is 0.700. The minimum atomic E-state index is -1.11. The molecule has 1 saturated heterocycles. The Labute approximate surface area is 165 Å². The first-order valence-corrected chi connectivity index (χ1v) is 9.75. The first kappa shape index (κ1) is 20.5. The number of aromatic nitrogens is 3. The number of carbonyl (C=O) groups excluding carboxylic acids is 1. The number of nitriles is 1. The molecule has 8 heteroatoms.